The maximum absolute atomic E-state index is 12.2. The third-order valence-electron chi connectivity index (χ3n) is 5.91. The number of piperazine rings is 1. The molecule has 25 heavy (non-hydrogen) atoms. The zero-order valence-electron chi connectivity index (χ0n) is 15.8. The van der Waals surface area contributed by atoms with E-state index in [-0.39, 0.29) is 29.4 Å². The Morgan fingerprint density at radius 1 is 1.12 bits per heavy atom. The number of carbonyl (C=O) groups excluding carboxylic acids is 1. The monoisotopic (exact) mass is 364 g/mol. The molecule has 2 aliphatic rings. The Balaban J connectivity index is 1.95. The lowest BCUT2D eigenvalue weighted by Crippen LogP contribution is -2.57. The number of hydrogen-bond acceptors (Lipinski definition) is 5. The summed E-state index contributed by atoms with van der Waals surface area (Å²) >= 11 is 0. The van der Waals surface area contributed by atoms with Crippen LogP contribution >= 0.6 is 0 Å². The molecule has 0 amide bonds. The molecule has 5 nitrogen and oxygen atoms in total. The van der Waals surface area contributed by atoms with E-state index in [2.05, 4.69) is 22.8 Å². The Labute approximate surface area is 150 Å². The van der Waals surface area contributed by atoms with Crippen molar-refractivity contribution in [2.24, 2.45) is 0 Å². The molecule has 0 unspecified atom stereocenters. The first-order valence-corrected chi connectivity index (χ1v) is 10.7. The van der Waals surface area contributed by atoms with E-state index in [0.717, 1.165) is 29.8 Å². The van der Waals surface area contributed by atoms with Crippen LogP contribution in [0.2, 0.25) is 0 Å². The van der Waals surface area contributed by atoms with Gasteiger partial charge in [0.05, 0.1) is 11.5 Å². The molecule has 2 fully saturated rings. The summed E-state index contributed by atoms with van der Waals surface area (Å²) in [6, 6.07) is 2.21. The maximum Gasteiger partial charge on any atom is 0.160 e. The van der Waals surface area contributed by atoms with Crippen molar-refractivity contribution in [3.8, 4) is 0 Å². The summed E-state index contributed by atoms with van der Waals surface area (Å²) in [7, 11) is -0.953. The first kappa shape index (κ1) is 18.5. The minimum absolute atomic E-state index is 0.0460. The SMILES string of the molecule is CC(=O)c1c(C)cc(C)c(CN2CCN(C)[C@@H]3CS(=O)(=O)C[C@@H]32)c1C. The number of Topliss-reactive ketones (excluding diaryl/α,β-unsaturated/α-hetero) is 1. The number of rotatable bonds is 3. The van der Waals surface area contributed by atoms with Crippen LogP contribution < -0.4 is 0 Å². The van der Waals surface area contributed by atoms with Crippen molar-refractivity contribution in [3.63, 3.8) is 0 Å². The number of carbonyl (C=O) groups is 1. The van der Waals surface area contributed by atoms with Crippen molar-refractivity contribution in [1.29, 1.82) is 0 Å². The van der Waals surface area contributed by atoms with Gasteiger partial charge in [-0.2, -0.15) is 0 Å². The molecule has 0 saturated carbocycles. The van der Waals surface area contributed by atoms with Crippen molar-refractivity contribution in [1.82, 2.24) is 9.80 Å². The molecule has 0 aromatic heterocycles. The predicted octanol–water partition coefficient (Wildman–Crippen LogP) is 1.73. The molecule has 1 aromatic rings. The number of aryl methyl sites for hydroxylation is 2. The first-order valence-electron chi connectivity index (χ1n) is 8.86. The van der Waals surface area contributed by atoms with Crippen LogP contribution in [0.4, 0.5) is 0 Å². The smallest absolute Gasteiger partial charge is 0.160 e. The van der Waals surface area contributed by atoms with Gasteiger partial charge in [-0.25, -0.2) is 8.42 Å². The zero-order valence-corrected chi connectivity index (χ0v) is 16.6. The summed E-state index contributed by atoms with van der Waals surface area (Å²) < 4.78 is 24.3. The normalized spacial score (nSPS) is 26.6. The van der Waals surface area contributed by atoms with E-state index in [4.69, 9.17) is 0 Å². The van der Waals surface area contributed by atoms with Crippen molar-refractivity contribution in [2.45, 2.75) is 46.3 Å². The Kier molecular flexibility index (Phi) is 4.81. The molecule has 3 rings (SSSR count). The highest BCUT2D eigenvalue weighted by molar-refractivity contribution is 7.91. The van der Waals surface area contributed by atoms with Crippen LogP contribution in [0.5, 0.6) is 0 Å². The molecule has 0 bridgehead atoms. The van der Waals surface area contributed by atoms with Crippen LogP contribution in [0.1, 0.15) is 39.5 Å². The standard InChI is InChI=1S/C19H28N2O3S/c1-12-8-13(2)19(15(4)22)14(3)16(12)9-21-7-6-20(5)17-10-25(23,24)11-18(17)21/h8,17-18H,6-7,9-11H2,1-5H3/t17-,18+/m1/s1. The topological polar surface area (TPSA) is 57.7 Å². The van der Waals surface area contributed by atoms with Gasteiger partial charge in [-0.05, 0) is 57.0 Å². The third kappa shape index (κ3) is 3.39. The van der Waals surface area contributed by atoms with Gasteiger partial charge in [0.1, 0.15) is 0 Å². The molecular formula is C19H28N2O3S. The average molecular weight is 365 g/mol. The summed E-state index contributed by atoms with van der Waals surface area (Å²) in [6.45, 7) is 10.1. The summed E-state index contributed by atoms with van der Waals surface area (Å²) in [6.07, 6.45) is 0. The molecule has 0 radical (unpaired) electrons. The maximum atomic E-state index is 12.2. The van der Waals surface area contributed by atoms with Crippen molar-refractivity contribution in [2.75, 3.05) is 31.6 Å². The lowest BCUT2D eigenvalue weighted by atomic mass is 9.90. The van der Waals surface area contributed by atoms with E-state index in [1.807, 2.05) is 20.9 Å². The molecule has 2 atom stereocenters. The third-order valence-corrected chi connectivity index (χ3v) is 7.61. The Morgan fingerprint density at radius 3 is 2.40 bits per heavy atom. The Hall–Kier alpha value is -1.24. The van der Waals surface area contributed by atoms with Crippen molar-refractivity contribution >= 4 is 15.6 Å². The van der Waals surface area contributed by atoms with Gasteiger partial charge in [0.15, 0.2) is 15.6 Å². The average Bonchev–Trinajstić information content (AvgIpc) is 2.81. The molecular weight excluding hydrogens is 336 g/mol. The van der Waals surface area contributed by atoms with Crippen molar-refractivity contribution < 1.29 is 13.2 Å². The number of nitrogens with zero attached hydrogens (tertiary/aromatic N) is 2. The fourth-order valence-corrected chi connectivity index (χ4v) is 6.70. The van der Waals surface area contributed by atoms with Crippen LogP contribution in [0.15, 0.2) is 6.07 Å². The van der Waals surface area contributed by atoms with Crippen LogP contribution in [0, 0.1) is 20.8 Å². The van der Waals surface area contributed by atoms with Gasteiger partial charge in [-0.3, -0.25) is 14.6 Å². The molecule has 138 valence electrons. The second-order valence-corrected chi connectivity index (χ2v) is 9.86. The molecule has 2 aliphatic heterocycles. The van der Waals surface area contributed by atoms with E-state index >= 15 is 0 Å². The molecule has 0 N–H and O–H groups in total. The van der Waals surface area contributed by atoms with Crippen molar-refractivity contribution in [3.05, 3.63) is 33.9 Å². The zero-order chi connectivity index (χ0) is 18.5. The van der Waals surface area contributed by atoms with E-state index in [9.17, 15) is 13.2 Å². The number of fused-ring (bicyclic) bond motifs is 1. The van der Waals surface area contributed by atoms with Crippen LogP contribution in [-0.4, -0.2) is 67.7 Å². The molecule has 2 saturated heterocycles. The molecule has 0 spiro atoms. The Bertz CT molecular complexity index is 816. The van der Waals surface area contributed by atoms with Gasteiger partial charge < -0.3 is 0 Å². The van der Waals surface area contributed by atoms with Crippen LogP contribution in [0.3, 0.4) is 0 Å². The van der Waals surface area contributed by atoms with Gasteiger partial charge in [0.2, 0.25) is 0 Å². The van der Waals surface area contributed by atoms with E-state index < -0.39 is 9.84 Å². The first-order chi connectivity index (χ1) is 11.6. The second-order valence-electron chi connectivity index (χ2n) is 7.71. The summed E-state index contributed by atoms with van der Waals surface area (Å²) in [5, 5.41) is 0. The fraction of sp³-hybridized carbons (Fsp3) is 0.632. The van der Waals surface area contributed by atoms with Crippen LogP contribution in [-0.2, 0) is 16.4 Å². The van der Waals surface area contributed by atoms with Gasteiger partial charge in [0.25, 0.3) is 0 Å². The van der Waals surface area contributed by atoms with Crippen LogP contribution in [0.25, 0.3) is 0 Å². The lowest BCUT2D eigenvalue weighted by molar-refractivity contribution is 0.0570. The van der Waals surface area contributed by atoms with Gasteiger partial charge in [0, 0.05) is 37.3 Å². The van der Waals surface area contributed by atoms with E-state index in [1.165, 1.54) is 11.1 Å². The number of ketones is 1. The second kappa shape index (κ2) is 6.49. The molecule has 0 aliphatic carbocycles. The quantitative estimate of drug-likeness (QED) is 0.765. The summed E-state index contributed by atoms with van der Waals surface area (Å²) in [5.41, 5.74) is 5.22. The van der Waals surface area contributed by atoms with Gasteiger partial charge in [-0.15, -0.1) is 0 Å². The number of benzene rings is 1. The fourth-order valence-electron chi connectivity index (χ4n) is 4.61. The van der Waals surface area contributed by atoms with Gasteiger partial charge >= 0.3 is 0 Å². The molecule has 6 heteroatoms. The largest absolute Gasteiger partial charge is 0.300 e. The summed E-state index contributed by atoms with van der Waals surface area (Å²) in [4.78, 5) is 16.5. The highest BCUT2D eigenvalue weighted by atomic mass is 32.2. The lowest BCUT2D eigenvalue weighted by Gasteiger charge is -2.42. The highest BCUT2D eigenvalue weighted by Gasteiger charge is 2.45. The molecule has 2 heterocycles. The minimum atomic E-state index is -2.97. The minimum Gasteiger partial charge on any atom is -0.300 e. The van der Waals surface area contributed by atoms with Gasteiger partial charge in [-0.1, -0.05) is 6.07 Å². The number of likely N-dealkylation sites (N-methyl/N-ethyl adjacent to an activating group) is 1. The number of sulfone groups is 1. The predicted molar refractivity (Wildman–Crippen MR) is 99.9 cm³/mol. The van der Waals surface area contributed by atoms with E-state index in [1.54, 1.807) is 6.92 Å². The molecule has 1 aromatic carbocycles. The van der Waals surface area contributed by atoms with E-state index in [0.29, 0.717) is 6.54 Å². The number of hydrogen-bond donors (Lipinski definition) is 0. The summed E-state index contributed by atoms with van der Waals surface area (Å²) in [5.74, 6) is 0.594. The highest BCUT2D eigenvalue weighted by Crippen LogP contribution is 2.30. The Morgan fingerprint density at radius 2 is 1.76 bits per heavy atom.